The van der Waals surface area contributed by atoms with Crippen LogP contribution >= 0.6 is 0 Å². The highest BCUT2D eigenvalue weighted by Crippen LogP contribution is 2.31. The first kappa shape index (κ1) is 19.6. The highest BCUT2D eigenvalue weighted by atomic mass is 19.1. The standard InChI is InChI=1S/C21H26FN5O2/c22-18-2-1-3-19(17(18)14-23)25-8-6-24(7-9-25)15-20(28)26-10-12-27(13-11-26)21(29)16-4-5-16/h1-3,16H,4-13,15H2. The van der Waals surface area contributed by atoms with Gasteiger partial charge in [0.2, 0.25) is 11.8 Å². The Kier molecular flexibility index (Phi) is 5.67. The molecular weight excluding hydrogens is 373 g/mol. The zero-order chi connectivity index (χ0) is 20.4. The van der Waals surface area contributed by atoms with Gasteiger partial charge in [0.15, 0.2) is 0 Å². The molecule has 8 heteroatoms. The molecule has 2 heterocycles. The highest BCUT2D eigenvalue weighted by molar-refractivity contribution is 5.82. The molecule has 1 aromatic carbocycles. The van der Waals surface area contributed by atoms with E-state index in [1.807, 2.05) is 20.8 Å². The van der Waals surface area contributed by atoms with E-state index in [0.717, 1.165) is 12.8 Å². The lowest BCUT2D eigenvalue weighted by Crippen LogP contribution is -2.54. The van der Waals surface area contributed by atoms with E-state index in [-0.39, 0.29) is 23.3 Å². The van der Waals surface area contributed by atoms with Crippen LogP contribution < -0.4 is 4.90 Å². The second-order valence-corrected chi connectivity index (χ2v) is 7.99. The quantitative estimate of drug-likeness (QED) is 0.752. The van der Waals surface area contributed by atoms with Crippen molar-refractivity contribution in [2.75, 3.05) is 63.8 Å². The Hall–Kier alpha value is -2.66. The molecule has 29 heavy (non-hydrogen) atoms. The van der Waals surface area contributed by atoms with Gasteiger partial charge in [-0.1, -0.05) is 6.07 Å². The molecule has 7 nitrogen and oxygen atoms in total. The van der Waals surface area contributed by atoms with Crippen molar-refractivity contribution in [3.05, 3.63) is 29.6 Å². The van der Waals surface area contributed by atoms with Crippen molar-refractivity contribution < 1.29 is 14.0 Å². The zero-order valence-corrected chi connectivity index (χ0v) is 16.5. The molecule has 0 bridgehead atoms. The second kappa shape index (κ2) is 8.37. The Morgan fingerprint density at radius 3 is 2.28 bits per heavy atom. The molecule has 154 valence electrons. The molecule has 4 rings (SSSR count). The van der Waals surface area contributed by atoms with Gasteiger partial charge in [-0.05, 0) is 25.0 Å². The summed E-state index contributed by atoms with van der Waals surface area (Å²) in [5, 5.41) is 9.23. The van der Waals surface area contributed by atoms with E-state index in [9.17, 15) is 19.2 Å². The van der Waals surface area contributed by atoms with Gasteiger partial charge in [-0.3, -0.25) is 14.5 Å². The summed E-state index contributed by atoms with van der Waals surface area (Å²) in [6.07, 6.45) is 2.02. The third-order valence-electron chi connectivity index (χ3n) is 6.05. The van der Waals surface area contributed by atoms with Crippen LogP contribution in [0.1, 0.15) is 18.4 Å². The summed E-state index contributed by atoms with van der Waals surface area (Å²) in [7, 11) is 0. The molecule has 3 fully saturated rings. The van der Waals surface area contributed by atoms with Crippen LogP contribution in [0, 0.1) is 23.1 Å². The lowest BCUT2D eigenvalue weighted by molar-refractivity contribution is -0.140. The van der Waals surface area contributed by atoms with Gasteiger partial charge >= 0.3 is 0 Å². The molecule has 2 aliphatic heterocycles. The van der Waals surface area contributed by atoms with E-state index in [0.29, 0.717) is 64.6 Å². The summed E-state index contributed by atoms with van der Waals surface area (Å²) in [5.41, 5.74) is 0.700. The third kappa shape index (κ3) is 4.35. The molecule has 1 aromatic rings. The van der Waals surface area contributed by atoms with Crippen LogP contribution in [-0.4, -0.2) is 85.4 Å². The average Bonchev–Trinajstić information content (AvgIpc) is 3.59. The molecule has 0 spiro atoms. The van der Waals surface area contributed by atoms with Crippen LogP contribution in [0.5, 0.6) is 0 Å². The molecule has 0 N–H and O–H groups in total. The minimum atomic E-state index is -0.498. The number of hydrogen-bond acceptors (Lipinski definition) is 5. The number of carbonyl (C=O) groups excluding carboxylic acids is 2. The summed E-state index contributed by atoms with van der Waals surface area (Å²) < 4.78 is 13.9. The fourth-order valence-electron chi connectivity index (χ4n) is 4.09. The van der Waals surface area contributed by atoms with E-state index >= 15 is 0 Å². The molecule has 0 aromatic heterocycles. The number of rotatable bonds is 4. The largest absolute Gasteiger partial charge is 0.368 e. The van der Waals surface area contributed by atoms with Crippen molar-refractivity contribution in [2.45, 2.75) is 12.8 Å². The summed E-state index contributed by atoms with van der Waals surface area (Å²) in [6.45, 7) is 5.50. The number of carbonyl (C=O) groups is 2. The molecule has 0 atom stereocenters. The van der Waals surface area contributed by atoms with E-state index in [1.165, 1.54) is 6.07 Å². The molecule has 1 aliphatic carbocycles. The molecule has 3 aliphatic rings. The topological polar surface area (TPSA) is 70.9 Å². The van der Waals surface area contributed by atoms with Crippen molar-refractivity contribution >= 4 is 17.5 Å². The summed E-state index contributed by atoms with van der Waals surface area (Å²) in [5.74, 6) is 0.0813. The van der Waals surface area contributed by atoms with E-state index in [4.69, 9.17) is 0 Å². The number of nitriles is 1. The van der Waals surface area contributed by atoms with Gasteiger partial charge in [0.1, 0.15) is 17.4 Å². The van der Waals surface area contributed by atoms with Crippen molar-refractivity contribution in [2.24, 2.45) is 5.92 Å². The molecule has 0 radical (unpaired) electrons. The Bertz CT molecular complexity index is 819. The normalized spacial score (nSPS) is 20.5. The molecule has 0 unspecified atom stereocenters. The van der Waals surface area contributed by atoms with Gasteiger partial charge in [0, 0.05) is 58.3 Å². The number of benzene rings is 1. The Labute approximate surface area is 170 Å². The molecule has 1 saturated carbocycles. The SMILES string of the molecule is N#Cc1c(F)cccc1N1CCN(CC(=O)N2CCN(C(=O)C3CC3)CC2)CC1. The van der Waals surface area contributed by atoms with Gasteiger partial charge < -0.3 is 14.7 Å². The van der Waals surface area contributed by atoms with Crippen molar-refractivity contribution in [3.63, 3.8) is 0 Å². The molecule has 2 saturated heterocycles. The van der Waals surface area contributed by atoms with Crippen LogP contribution in [0.2, 0.25) is 0 Å². The summed E-state index contributed by atoms with van der Waals surface area (Å²) in [4.78, 5) is 32.6. The lowest BCUT2D eigenvalue weighted by atomic mass is 10.1. The highest BCUT2D eigenvalue weighted by Gasteiger charge is 2.35. The maximum absolute atomic E-state index is 13.9. The fourth-order valence-corrected chi connectivity index (χ4v) is 4.09. The van der Waals surface area contributed by atoms with E-state index in [2.05, 4.69) is 4.90 Å². The van der Waals surface area contributed by atoms with Crippen molar-refractivity contribution in [1.29, 1.82) is 5.26 Å². The smallest absolute Gasteiger partial charge is 0.236 e. The number of halogens is 1. The maximum atomic E-state index is 13.9. The summed E-state index contributed by atoms with van der Waals surface area (Å²) in [6, 6.07) is 6.64. The predicted molar refractivity (Wildman–Crippen MR) is 106 cm³/mol. The zero-order valence-electron chi connectivity index (χ0n) is 16.5. The van der Waals surface area contributed by atoms with Crippen LogP contribution in [0.3, 0.4) is 0 Å². The van der Waals surface area contributed by atoms with Crippen LogP contribution in [-0.2, 0) is 9.59 Å². The van der Waals surface area contributed by atoms with Gasteiger partial charge in [-0.2, -0.15) is 5.26 Å². The Morgan fingerprint density at radius 1 is 1.00 bits per heavy atom. The van der Waals surface area contributed by atoms with Gasteiger partial charge in [0.05, 0.1) is 12.2 Å². The molecule has 2 amide bonds. The maximum Gasteiger partial charge on any atom is 0.236 e. The number of nitrogens with zero attached hydrogens (tertiary/aromatic N) is 5. The van der Waals surface area contributed by atoms with Crippen molar-refractivity contribution in [3.8, 4) is 6.07 Å². The average molecular weight is 399 g/mol. The van der Waals surface area contributed by atoms with Crippen LogP contribution in [0.25, 0.3) is 0 Å². The monoisotopic (exact) mass is 399 g/mol. The Morgan fingerprint density at radius 2 is 1.66 bits per heavy atom. The van der Waals surface area contributed by atoms with Crippen LogP contribution in [0.4, 0.5) is 10.1 Å². The predicted octanol–water partition coefficient (Wildman–Crippen LogP) is 0.900. The van der Waals surface area contributed by atoms with Crippen LogP contribution in [0.15, 0.2) is 18.2 Å². The van der Waals surface area contributed by atoms with E-state index < -0.39 is 5.82 Å². The number of amides is 2. The van der Waals surface area contributed by atoms with Crippen molar-refractivity contribution in [1.82, 2.24) is 14.7 Å². The number of hydrogen-bond donors (Lipinski definition) is 0. The van der Waals surface area contributed by atoms with Gasteiger partial charge in [-0.25, -0.2) is 4.39 Å². The first-order valence-corrected chi connectivity index (χ1v) is 10.3. The first-order valence-electron chi connectivity index (χ1n) is 10.3. The third-order valence-corrected chi connectivity index (χ3v) is 6.05. The number of piperazine rings is 2. The fraction of sp³-hybridized carbons (Fsp3) is 0.571. The molecular formula is C21H26FN5O2. The first-order chi connectivity index (χ1) is 14.1. The number of anilines is 1. The Balaban J connectivity index is 1.25. The minimum absolute atomic E-state index is 0.0793. The van der Waals surface area contributed by atoms with Gasteiger partial charge in [0.25, 0.3) is 0 Å². The van der Waals surface area contributed by atoms with E-state index in [1.54, 1.807) is 12.1 Å². The summed E-state index contributed by atoms with van der Waals surface area (Å²) >= 11 is 0. The minimum Gasteiger partial charge on any atom is -0.368 e. The second-order valence-electron chi connectivity index (χ2n) is 7.99. The van der Waals surface area contributed by atoms with Gasteiger partial charge in [-0.15, -0.1) is 0 Å². The lowest BCUT2D eigenvalue weighted by Gasteiger charge is -2.38.